The van der Waals surface area contributed by atoms with Crippen molar-refractivity contribution < 1.29 is 38.5 Å². The quantitative estimate of drug-likeness (QED) is 0.183. The van der Waals surface area contributed by atoms with Gasteiger partial charge in [-0.25, -0.2) is 4.79 Å². The van der Waals surface area contributed by atoms with E-state index in [1.807, 2.05) is 72.8 Å². The normalized spacial score (nSPS) is 15.0. The molecular weight excluding hydrogens is 609 g/mol. The maximum atomic E-state index is 11.9. The van der Waals surface area contributed by atoms with Gasteiger partial charge in [0.05, 0.1) is 12.5 Å². The van der Waals surface area contributed by atoms with Crippen LogP contribution in [0.2, 0.25) is 10.0 Å². The highest BCUT2D eigenvalue weighted by Crippen LogP contribution is 2.46. The van der Waals surface area contributed by atoms with Crippen LogP contribution in [0.25, 0.3) is 0 Å². The fourth-order valence-electron chi connectivity index (χ4n) is 5.35. The van der Waals surface area contributed by atoms with Crippen molar-refractivity contribution in [1.82, 2.24) is 5.06 Å². The summed E-state index contributed by atoms with van der Waals surface area (Å²) in [6.07, 6.45) is -1.02. The summed E-state index contributed by atoms with van der Waals surface area (Å²) >= 11 is 12.0. The Morgan fingerprint density at radius 2 is 1.20 bits per heavy atom. The zero-order valence-corrected chi connectivity index (χ0v) is 24.6. The third-order valence-electron chi connectivity index (χ3n) is 7.45. The molecule has 4 aromatic rings. The van der Waals surface area contributed by atoms with Crippen LogP contribution in [0.5, 0.6) is 23.0 Å². The van der Waals surface area contributed by atoms with Crippen LogP contribution in [0.1, 0.15) is 46.9 Å². The molecule has 2 amide bonds. The minimum Gasteiger partial charge on any atom is -0.457 e. The Morgan fingerprint density at radius 1 is 0.727 bits per heavy atom. The van der Waals surface area contributed by atoms with Crippen LogP contribution >= 0.6 is 23.2 Å². The molecule has 1 fully saturated rings. The molecular formula is C33H25Cl2NO8. The summed E-state index contributed by atoms with van der Waals surface area (Å²) < 4.78 is 16.9. The first-order chi connectivity index (χ1) is 21.3. The Hall–Kier alpha value is -4.57. The number of amides is 2. The molecule has 0 unspecified atom stereocenters. The van der Waals surface area contributed by atoms with E-state index < -0.39 is 18.0 Å². The van der Waals surface area contributed by atoms with Gasteiger partial charge in [0.25, 0.3) is 11.8 Å². The number of carbonyl (C=O) groups is 3. The number of rotatable bonds is 4. The number of hydrogen-bond donors (Lipinski definition) is 1. The van der Waals surface area contributed by atoms with Crippen molar-refractivity contribution in [2.24, 2.45) is 0 Å². The SMILES string of the molecule is O=C(OCC1c2ccccc2Oc2ccccc21)ON1C(=O)CCC1=O.OCC1c2cc(Cl)ccc2Oc2ccc(Cl)cc21. The molecule has 44 heavy (non-hydrogen) atoms. The molecule has 0 spiro atoms. The molecule has 3 aliphatic heterocycles. The second kappa shape index (κ2) is 12.6. The average molecular weight is 634 g/mol. The summed E-state index contributed by atoms with van der Waals surface area (Å²) in [7, 11) is 0. The Labute approximate surface area is 262 Å². The van der Waals surface area contributed by atoms with E-state index in [0.29, 0.717) is 26.6 Å². The molecule has 4 aromatic carbocycles. The first-order valence-corrected chi connectivity index (χ1v) is 14.5. The van der Waals surface area contributed by atoms with E-state index in [0.717, 1.165) is 33.8 Å². The summed E-state index contributed by atoms with van der Waals surface area (Å²) in [5, 5.41) is 11.3. The zero-order chi connectivity index (χ0) is 30.8. The van der Waals surface area contributed by atoms with Crippen molar-refractivity contribution in [3.63, 3.8) is 0 Å². The fourth-order valence-corrected chi connectivity index (χ4v) is 5.71. The van der Waals surface area contributed by atoms with E-state index in [1.165, 1.54) is 0 Å². The number of ether oxygens (including phenoxy) is 3. The van der Waals surface area contributed by atoms with Crippen molar-refractivity contribution >= 4 is 41.2 Å². The smallest absolute Gasteiger partial charge is 0.457 e. The number of para-hydroxylation sites is 2. The van der Waals surface area contributed by atoms with Crippen molar-refractivity contribution in [3.8, 4) is 23.0 Å². The predicted molar refractivity (Wildman–Crippen MR) is 160 cm³/mol. The molecule has 3 aliphatic rings. The largest absolute Gasteiger partial charge is 0.533 e. The van der Waals surface area contributed by atoms with Crippen molar-refractivity contribution in [1.29, 1.82) is 0 Å². The highest BCUT2D eigenvalue weighted by Gasteiger charge is 2.34. The van der Waals surface area contributed by atoms with Gasteiger partial charge < -0.3 is 19.3 Å². The number of hydroxylamine groups is 2. The van der Waals surface area contributed by atoms with Crippen molar-refractivity contribution in [3.05, 3.63) is 117 Å². The van der Waals surface area contributed by atoms with Gasteiger partial charge in [-0.3, -0.25) is 14.4 Å². The molecule has 0 saturated carbocycles. The summed E-state index contributed by atoms with van der Waals surface area (Å²) in [6, 6.07) is 25.8. The molecule has 11 heteroatoms. The summed E-state index contributed by atoms with van der Waals surface area (Å²) in [5.41, 5.74) is 3.54. The number of imide groups is 1. The monoisotopic (exact) mass is 633 g/mol. The lowest BCUT2D eigenvalue weighted by atomic mass is 9.89. The maximum Gasteiger partial charge on any atom is 0.533 e. The van der Waals surface area contributed by atoms with Crippen LogP contribution in [0.15, 0.2) is 84.9 Å². The van der Waals surface area contributed by atoms with Gasteiger partial charge in [0.2, 0.25) is 0 Å². The number of fused-ring (bicyclic) bond motifs is 4. The molecule has 0 atom stereocenters. The Morgan fingerprint density at radius 3 is 1.70 bits per heavy atom. The van der Waals surface area contributed by atoms with Crippen LogP contribution in [0, 0.1) is 0 Å². The van der Waals surface area contributed by atoms with Crippen LogP contribution in [0.4, 0.5) is 4.79 Å². The van der Waals surface area contributed by atoms with Crippen LogP contribution in [-0.2, 0) is 19.2 Å². The van der Waals surface area contributed by atoms with E-state index in [4.69, 9.17) is 42.3 Å². The Bertz CT molecular complexity index is 1650. The van der Waals surface area contributed by atoms with Crippen molar-refractivity contribution in [2.75, 3.05) is 13.2 Å². The third kappa shape index (κ3) is 5.94. The molecule has 9 nitrogen and oxygen atoms in total. The van der Waals surface area contributed by atoms with Gasteiger partial charge in [0.15, 0.2) is 0 Å². The van der Waals surface area contributed by atoms with Gasteiger partial charge in [-0.05, 0) is 48.5 Å². The lowest BCUT2D eigenvalue weighted by Crippen LogP contribution is -2.32. The Kier molecular flexibility index (Phi) is 8.43. The van der Waals surface area contributed by atoms with E-state index in [2.05, 4.69) is 0 Å². The minimum atomic E-state index is -1.09. The van der Waals surface area contributed by atoms with Crippen LogP contribution in [-0.4, -0.2) is 41.4 Å². The number of hydrogen-bond acceptors (Lipinski definition) is 8. The number of carbonyl (C=O) groups excluding carboxylic acids is 3. The standard InChI is InChI=1S/C19H15NO6.C14H10Cl2O2/c21-17-9-10-18(22)20(17)26-19(23)24-11-14-12-5-1-3-7-15(12)25-16-8-4-2-6-13(14)16;15-8-1-3-13-10(5-8)12(7-17)11-6-9(16)2-4-14(11)18-13/h1-8,14H,9-11H2;1-6,12,17H,7H2. The average Bonchev–Trinajstić information content (AvgIpc) is 3.34. The van der Waals surface area contributed by atoms with Gasteiger partial charge >= 0.3 is 6.16 Å². The number of halogens is 2. The Balaban J connectivity index is 0.000000167. The van der Waals surface area contributed by atoms with E-state index in [1.54, 1.807) is 12.1 Å². The van der Waals surface area contributed by atoms with Crippen LogP contribution < -0.4 is 9.47 Å². The third-order valence-corrected chi connectivity index (χ3v) is 7.92. The van der Waals surface area contributed by atoms with Gasteiger partial charge in [-0.2, -0.15) is 0 Å². The van der Waals surface area contributed by atoms with Gasteiger partial charge in [-0.15, -0.1) is 0 Å². The highest BCUT2D eigenvalue weighted by atomic mass is 35.5. The second-order valence-corrected chi connectivity index (χ2v) is 11.0. The minimum absolute atomic E-state index is 0.00750. The number of benzene rings is 4. The summed E-state index contributed by atoms with van der Waals surface area (Å²) in [5.74, 6) is 1.36. The molecule has 1 saturated heterocycles. The van der Waals surface area contributed by atoms with Gasteiger partial charge in [0, 0.05) is 51.1 Å². The summed E-state index contributed by atoms with van der Waals surface area (Å²) in [4.78, 5) is 39.7. The summed E-state index contributed by atoms with van der Waals surface area (Å²) in [6.45, 7) is -0.0174. The highest BCUT2D eigenvalue weighted by molar-refractivity contribution is 6.31. The fraction of sp³-hybridized carbons (Fsp3) is 0.182. The van der Waals surface area contributed by atoms with E-state index in [-0.39, 0.29) is 37.9 Å². The molecule has 0 aromatic heterocycles. The molecule has 0 aliphatic carbocycles. The van der Waals surface area contributed by atoms with E-state index >= 15 is 0 Å². The predicted octanol–water partition coefficient (Wildman–Crippen LogP) is 7.36. The topological polar surface area (TPSA) is 112 Å². The molecule has 1 N–H and O–H groups in total. The zero-order valence-electron chi connectivity index (χ0n) is 23.1. The van der Waals surface area contributed by atoms with Crippen molar-refractivity contribution in [2.45, 2.75) is 24.7 Å². The van der Waals surface area contributed by atoms with Gasteiger partial charge in [0.1, 0.15) is 29.6 Å². The second-order valence-electron chi connectivity index (χ2n) is 10.2. The molecule has 7 rings (SSSR count). The number of aliphatic hydroxyl groups excluding tert-OH is 1. The number of aliphatic hydroxyl groups is 1. The molecule has 0 bridgehead atoms. The van der Waals surface area contributed by atoms with Crippen LogP contribution in [0.3, 0.4) is 0 Å². The first kappa shape index (κ1) is 29.5. The molecule has 224 valence electrons. The molecule has 0 radical (unpaired) electrons. The van der Waals surface area contributed by atoms with E-state index in [9.17, 15) is 19.5 Å². The number of nitrogens with zero attached hydrogens (tertiary/aromatic N) is 1. The lowest BCUT2D eigenvalue weighted by molar-refractivity contribution is -0.177. The van der Waals surface area contributed by atoms with Gasteiger partial charge in [-0.1, -0.05) is 64.7 Å². The lowest BCUT2D eigenvalue weighted by Gasteiger charge is -2.27. The first-order valence-electron chi connectivity index (χ1n) is 13.8. The molecule has 3 heterocycles. The maximum absolute atomic E-state index is 11.9.